The van der Waals surface area contributed by atoms with Gasteiger partial charge in [0, 0.05) is 55.0 Å². The number of hydrogen-bond acceptors (Lipinski definition) is 9. The lowest BCUT2D eigenvalue weighted by molar-refractivity contribution is 0.0715. The van der Waals surface area contributed by atoms with Crippen LogP contribution < -0.4 is 14.2 Å². The summed E-state index contributed by atoms with van der Waals surface area (Å²) >= 11 is 0. The number of carbonyl (C=O) groups excluding carboxylic acids is 2. The highest BCUT2D eigenvalue weighted by atomic mass is 16.5. The Balaban J connectivity index is 1.19. The molecule has 2 aliphatic rings. The molecule has 1 N–H and O–H groups in total. The summed E-state index contributed by atoms with van der Waals surface area (Å²) in [6, 6.07) is 17.9. The van der Waals surface area contributed by atoms with Crippen molar-refractivity contribution in [1.29, 1.82) is 0 Å². The zero-order chi connectivity index (χ0) is 30.9. The summed E-state index contributed by atoms with van der Waals surface area (Å²) in [6.07, 6.45) is 5.65. The number of carbonyl (C=O) groups is 2. The van der Waals surface area contributed by atoms with Gasteiger partial charge in [0.25, 0.3) is 7.41 Å². The number of hydrogen-bond donors (Lipinski definition) is 1. The molecular formula is C34H41BN3O6. The number of nitrogens with zero attached hydrogens (tertiary/aromatic N) is 3. The first kappa shape index (κ1) is 31.7. The molecule has 2 aromatic carbocycles. The molecule has 1 aliphatic carbocycles. The number of Topliss-reactive ketones (excluding diaryl/α,β-unsaturated/α-hetero) is 1. The first-order valence-corrected chi connectivity index (χ1v) is 15.3. The Morgan fingerprint density at radius 3 is 2.52 bits per heavy atom. The summed E-state index contributed by atoms with van der Waals surface area (Å²) in [5.74, 6) is 1.85. The van der Waals surface area contributed by atoms with E-state index < -0.39 is 6.10 Å². The molecule has 9 nitrogen and oxygen atoms in total. The van der Waals surface area contributed by atoms with Gasteiger partial charge in [-0.25, -0.2) is 4.98 Å². The van der Waals surface area contributed by atoms with Gasteiger partial charge in [0.1, 0.15) is 17.6 Å². The Morgan fingerprint density at radius 1 is 1.09 bits per heavy atom. The number of ether oxygens (including phenoxy) is 3. The van der Waals surface area contributed by atoms with Crippen molar-refractivity contribution in [3.63, 3.8) is 0 Å². The van der Waals surface area contributed by atoms with Crippen molar-refractivity contribution in [3.05, 3.63) is 83.0 Å². The summed E-state index contributed by atoms with van der Waals surface area (Å²) in [6.45, 7) is 2.53. The van der Waals surface area contributed by atoms with Gasteiger partial charge >= 0.3 is 0 Å². The van der Waals surface area contributed by atoms with Crippen LogP contribution in [0.2, 0.25) is 0 Å². The fraction of sp³-hybridized carbons (Fsp3) is 0.441. The number of benzene rings is 2. The lowest BCUT2D eigenvalue weighted by Crippen LogP contribution is -2.41. The lowest BCUT2D eigenvalue weighted by Gasteiger charge is -2.31. The predicted molar refractivity (Wildman–Crippen MR) is 169 cm³/mol. The maximum Gasteiger partial charge on any atom is 0.293 e. The SMILES string of the molecule is COc1ccc(CN(CC(O)CCC(=O)c2ccnc(OC3CCN([B]C=O)CC3)c2)C2Cc3ccccc3C2)c(OC)c1. The number of piperidine rings is 1. The maximum absolute atomic E-state index is 13.2. The van der Waals surface area contributed by atoms with Crippen LogP contribution >= 0.6 is 0 Å². The Hall–Kier alpha value is -3.73. The summed E-state index contributed by atoms with van der Waals surface area (Å²) in [7, 11) is 4.85. The van der Waals surface area contributed by atoms with Gasteiger partial charge in [-0.3, -0.25) is 9.69 Å². The quantitative estimate of drug-likeness (QED) is 0.159. The van der Waals surface area contributed by atoms with Gasteiger partial charge in [-0.1, -0.05) is 30.3 Å². The minimum Gasteiger partial charge on any atom is -0.497 e. The normalized spacial score (nSPS) is 16.4. The number of aromatic nitrogens is 1. The van der Waals surface area contributed by atoms with E-state index in [0.29, 0.717) is 31.0 Å². The molecule has 0 spiro atoms. The van der Waals surface area contributed by atoms with Gasteiger partial charge in [0.05, 0.1) is 26.5 Å². The lowest BCUT2D eigenvalue weighted by atomic mass is 9.90. The number of fused-ring (bicyclic) bond motifs is 1. The maximum atomic E-state index is 13.2. The smallest absolute Gasteiger partial charge is 0.293 e. The Morgan fingerprint density at radius 2 is 1.84 bits per heavy atom. The van der Waals surface area contributed by atoms with E-state index in [1.54, 1.807) is 40.0 Å². The molecule has 1 unspecified atom stereocenters. The molecule has 231 valence electrons. The summed E-state index contributed by atoms with van der Waals surface area (Å²) in [4.78, 5) is 32.5. The molecule has 3 aromatic rings. The minimum atomic E-state index is -0.683. The first-order valence-electron chi connectivity index (χ1n) is 15.3. The number of aliphatic hydroxyl groups is 1. The van der Waals surface area contributed by atoms with Crippen LogP contribution in [0.15, 0.2) is 60.8 Å². The molecule has 1 aromatic heterocycles. The van der Waals surface area contributed by atoms with Crippen molar-refractivity contribution in [3.8, 4) is 17.4 Å². The van der Waals surface area contributed by atoms with Crippen LogP contribution in [0, 0.1) is 0 Å². The van der Waals surface area contributed by atoms with Gasteiger partial charge in [-0.05, 0) is 68.5 Å². The highest BCUT2D eigenvalue weighted by Crippen LogP contribution is 2.31. The summed E-state index contributed by atoms with van der Waals surface area (Å²) < 4.78 is 17.1. The number of rotatable bonds is 15. The van der Waals surface area contributed by atoms with E-state index in [4.69, 9.17) is 14.2 Å². The topological polar surface area (TPSA) is 101 Å². The van der Waals surface area contributed by atoms with Crippen molar-refractivity contribution in [2.24, 2.45) is 0 Å². The molecule has 5 rings (SSSR count). The zero-order valence-corrected chi connectivity index (χ0v) is 25.6. The molecule has 1 fully saturated rings. The van der Waals surface area contributed by atoms with Gasteiger partial charge in [0.2, 0.25) is 5.88 Å². The third-order valence-electron chi connectivity index (χ3n) is 8.66. The fourth-order valence-corrected chi connectivity index (χ4v) is 6.19. The van der Waals surface area contributed by atoms with E-state index in [0.717, 1.165) is 62.0 Å². The molecule has 1 atom stereocenters. The van der Waals surface area contributed by atoms with Crippen LogP contribution in [0.4, 0.5) is 0 Å². The van der Waals surface area contributed by atoms with E-state index in [2.05, 4.69) is 34.1 Å². The van der Waals surface area contributed by atoms with Crippen LogP contribution in [0.25, 0.3) is 0 Å². The molecule has 1 saturated heterocycles. The molecule has 1 aliphatic heterocycles. The van der Waals surface area contributed by atoms with Crippen molar-refractivity contribution in [2.75, 3.05) is 33.9 Å². The third kappa shape index (κ3) is 8.25. The van der Waals surface area contributed by atoms with Gasteiger partial charge < -0.3 is 28.9 Å². The molecule has 0 saturated carbocycles. The van der Waals surface area contributed by atoms with E-state index in [1.807, 2.05) is 23.0 Å². The number of methoxy groups -OCH3 is 2. The number of pyridine rings is 1. The van der Waals surface area contributed by atoms with Crippen molar-refractivity contribution >= 4 is 19.4 Å². The van der Waals surface area contributed by atoms with Gasteiger partial charge in [-0.2, -0.15) is 0 Å². The highest BCUT2D eigenvalue weighted by molar-refractivity contribution is 6.64. The van der Waals surface area contributed by atoms with Crippen LogP contribution in [0.3, 0.4) is 0 Å². The first-order chi connectivity index (χ1) is 21.4. The van der Waals surface area contributed by atoms with Gasteiger partial charge in [-0.15, -0.1) is 0 Å². The Labute approximate surface area is 260 Å². The molecule has 1 radical (unpaired) electrons. The average Bonchev–Trinajstić information content (AvgIpc) is 3.49. The Kier molecular flexibility index (Phi) is 11.0. The van der Waals surface area contributed by atoms with Crippen molar-refractivity contribution in [2.45, 2.75) is 63.3 Å². The molecule has 10 heteroatoms. The van der Waals surface area contributed by atoms with Crippen LogP contribution in [-0.2, 0) is 24.2 Å². The predicted octanol–water partition coefficient (Wildman–Crippen LogP) is 3.74. The van der Waals surface area contributed by atoms with Crippen LogP contribution in [-0.4, -0.2) is 91.3 Å². The second-order valence-electron chi connectivity index (χ2n) is 11.6. The fourth-order valence-electron chi connectivity index (χ4n) is 6.19. The largest absolute Gasteiger partial charge is 0.497 e. The molecular weight excluding hydrogens is 557 g/mol. The highest BCUT2D eigenvalue weighted by Gasteiger charge is 2.29. The molecule has 44 heavy (non-hydrogen) atoms. The summed E-state index contributed by atoms with van der Waals surface area (Å²) in [5.41, 5.74) is 4.23. The van der Waals surface area contributed by atoms with Crippen LogP contribution in [0.5, 0.6) is 17.4 Å². The number of aliphatic hydroxyl groups excluding tert-OH is 1. The van der Waals surface area contributed by atoms with E-state index >= 15 is 0 Å². The third-order valence-corrected chi connectivity index (χ3v) is 8.66. The van der Waals surface area contributed by atoms with Crippen molar-refractivity contribution in [1.82, 2.24) is 14.7 Å². The van der Waals surface area contributed by atoms with E-state index in [1.165, 1.54) is 11.1 Å². The van der Waals surface area contributed by atoms with E-state index in [9.17, 15) is 14.7 Å². The minimum absolute atomic E-state index is 0.0111. The molecule has 0 bridgehead atoms. The zero-order valence-electron chi connectivity index (χ0n) is 25.6. The molecule has 2 heterocycles. The monoisotopic (exact) mass is 598 g/mol. The average molecular weight is 599 g/mol. The van der Waals surface area contributed by atoms with Gasteiger partial charge in [0.15, 0.2) is 5.78 Å². The molecule has 0 amide bonds. The van der Waals surface area contributed by atoms with Crippen LogP contribution in [0.1, 0.15) is 52.7 Å². The second kappa shape index (κ2) is 15.3. The van der Waals surface area contributed by atoms with E-state index in [-0.39, 0.29) is 24.3 Å². The standard InChI is InChI=1S/C34H41BN3O6/c1-42-31-9-7-27(33(20-31)43-2)21-37(28-17-24-5-3-4-6-25(24)18-28)22-29(40)8-10-32(41)26-11-14-36-34(19-26)44-30-12-15-38(16-13-30)35-23-39/h3-7,9,11,14,19-20,23,28-30,40H,8,10,12-13,15-18,21-22H2,1-2H3. The summed E-state index contributed by atoms with van der Waals surface area (Å²) in [5, 5.41) is 11.2. The van der Waals surface area contributed by atoms with Crippen molar-refractivity contribution < 1.29 is 28.9 Å². The number of ketones is 1. The second-order valence-corrected chi connectivity index (χ2v) is 11.6. The Bertz CT molecular complexity index is 1390.